The highest BCUT2D eigenvalue weighted by molar-refractivity contribution is 7.87. The number of benzene rings is 5. The largest absolute Gasteiger partial charge is 0.394 e. The molecular weight excluding hydrogens is 635 g/mol. The van der Waals surface area contributed by atoms with Gasteiger partial charge < -0.3 is 4.18 Å². The van der Waals surface area contributed by atoms with E-state index in [1.165, 1.54) is 18.2 Å². The smallest absolute Gasteiger partial charge is 0.382 e. The average molecular weight is 661 g/mol. The van der Waals surface area contributed by atoms with Gasteiger partial charge in [-0.05, 0) is 40.8 Å². The van der Waals surface area contributed by atoms with Crippen molar-refractivity contribution in [3.05, 3.63) is 127 Å². The first kappa shape index (κ1) is 31.8. The van der Waals surface area contributed by atoms with E-state index in [2.05, 4.69) is 0 Å². The zero-order chi connectivity index (χ0) is 33.2. The Bertz CT molecular complexity index is 2160. The fourth-order valence-corrected chi connectivity index (χ4v) is 6.37. The lowest BCUT2D eigenvalue weighted by Gasteiger charge is -2.19. The highest BCUT2D eigenvalue weighted by atomic mass is 32.2. The van der Waals surface area contributed by atoms with Crippen LogP contribution in [0.25, 0.3) is 55.8 Å². The van der Waals surface area contributed by atoms with Crippen LogP contribution < -0.4 is 4.18 Å². The molecule has 0 radical (unpaired) electrons. The molecule has 0 aliphatic carbocycles. The molecule has 0 aliphatic rings. The van der Waals surface area contributed by atoms with Crippen LogP contribution in [0.2, 0.25) is 0 Å². The Morgan fingerprint density at radius 2 is 1.15 bits per heavy atom. The van der Waals surface area contributed by atoms with Crippen LogP contribution in [-0.2, 0) is 10.1 Å². The summed E-state index contributed by atoms with van der Waals surface area (Å²) in [6.07, 6.45) is -7.85. The molecule has 47 heavy (non-hydrogen) atoms. The molecule has 5 aromatic carbocycles. The number of alkyl halides is 5. The molecule has 0 saturated carbocycles. The molecule has 0 aliphatic heterocycles. The minimum atomic E-state index is -5.26. The second-order valence-electron chi connectivity index (χ2n) is 10.9. The Balaban J connectivity index is 1.44. The number of halogens is 5. The quantitative estimate of drug-likeness (QED) is 0.114. The molecule has 0 spiro atoms. The zero-order valence-corrected chi connectivity index (χ0v) is 25.3. The van der Waals surface area contributed by atoms with E-state index in [1.54, 1.807) is 24.3 Å². The molecule has 0 amide bonds. The van der Waals surface area contributed by atoms with Crippen molar-refractivity contribution < 1.29 is 34.6 Å². The highest BCUT2D eigenvalue weighted by Crippen LogP contribution is 2.38. The van der Waals surface area contributed by atoms with Crippen molar-refractivity contribution in [3.8, 4) is 50.8 Å². The summed E-state index contributed by atoms with van der Waals surface area (Å²) in [6.45, 7) is 0. The maximum Gasteiger partial charge on any atom is 0.394 e. The van der Waals surface area contributed by atoms with Crippen LogP contribution in [0.3, 0.4) is 0 Å². The van der Waals surface area contributed by atoms with Crippen LogP contribution >= 0.6 is 0 Å². The first-order valence-electron chi connectivity index (χ1n) is 14.4. The Morgan fingerprint density at radius 1 is 0.574 bits per heavy atom. The number of fused-ring (bicyclic) bond motifs is 1. The lowest BCUT2D eigenvalue weighted by atomic mass is 9.98. The minimum Gasteiger partial charge on any atom is -0.382 e. The Hall–Kier alpha value is -5.16. The first-order chi connectivity index (χ1) is 22.4. The van der Waals surface area contributed by atoms with Gasteiger partial charge >= 0.3 is 16.3 Å². The van der Waals surface area contributed by atoms with Crippen LogP contribution in [0.15, 0.2) is 127 Å². The third-order valence-corrected chi connectivity index (χ3v) is 8.46. The van der Waals surface area contributed by atoms with Gasteiger partial charge in [0.25, 0.3) is 5.92 Å². The van der Waals surface area contributed by atoms with Gasteiger partial charge in [-0.25, -0.2) is 18.7 Å². The summed E-state index contributed by atoms with van der Waals surface area (Å²) in [5.41, 5.74) is 5.25. The SMILES string of the molecule is O=S(=O)(CC(F)(F)CC(F)(F)F)Oc1ccc(-c2cc(-c3cccc(-c4ccccc4)c3)nc(-c3ccccc3)n2)c2ccccc12. The summed E-state index contributed by atoms with van der Waals surface area (Å²) >= 11 is 0. The maximum atomic E-state index is 14.0. The molecule has 0 N–H and O–H groups in total. The van der Waals surface area contributed by atoms with E-state index < -0.39 is 34.4 Å². The fraction of sp³-hybridized carbons (Fsp3) is 0.111. The summed E-state index contributed by atoms with van der Waals surface area (Å²) in [5, 5.41) is 0.712. The van der Waals surface area contributed by atoms with Crippen LogP contribution in [0.1, 0.15) is 6.42 Å². The molecule has 1 aromatic heterocycles. The summed E-state index contributed by atoms with van der Waals surface area (Å²) < 4.78 is 95.9. The maximum absolute atomic E-state index is 14.0. The molecule has 1 heterocycles. The van der Waals surface area contributed by atoms with E-state index in [9.17, 15) is 30.4 Å². The Kier molecular flexibility index (Phi) is 8.50. The summed E-state index contributed by atoms with van der Waals surface area (Å²) in [4.78, 5) is 9.71. The second kappa shape index (κ2) is 12.6. The van der Waals surface area contributed by atoms with Crippen molar-refractivity contribution in [1.82, 2.24) is 9.97 Å². The van der Waals surface area contributed by atoms with E-state index in [4.69, 9.17) is 14.2 Å². The number of nitrogens with zero attached hydrogens (tertiary/aromatic N) is 2. The summed E-state index contributed by atoms with van der Waals surface area (Å²) in [6, 6.07) is 38.2. The average Bonchev–Trinajstić information content (AvgIpc) is 3.04. The van der Waals surface area contributed by atoms with Crippen molar-refractivity contribution in [1.29, 1.82) is 0 Å². The molecule has 11 heteroatoms. The predicted octanol–water partition coefficient (Wildman–Crippen LogP) is 9.59. The molecule has 0 fully saturated rings. The van der Waals surface area contributed by atoms with Gasteiger partial charge in [-0.15, -0.1) is 0 Å². The van der Waals surface area contributed by atoms with Crippen molar-refractivity contribution in [2.45, 2.75) is 18.5 Å². The first-order valence-corrected chi connectivity index (χ1v) is 15.9. The molecule has 0 unspecified atom stereocenters. The standard InChI is InChI=1S/C36H25F5N2O3S/c37-35(38,22-36(39,40)41)23-47(44,45)46-33-19-18-29(28-16-7-8-17-30(28)33)32-21-31(42-34(43-32)25-12-5-2-6-13-25)27-15-9-14-26(20-27)24-10-3-1-4-11-24/h1-21H,22-23H2. The normalized spacial score (nSPS) is 12.3. The minimum absolute atomic E-state index is 0.236. The van der Waals surface area contributed by atoms with Crippen molar-refractivity contribution in [3.63, 3.8) is 0 Å². The van der Waals surface area contributed by atoms with Crippen molar-refractivity contribution >= 4 is 20.9 Å². The van der Waals surface area contributed by atoms with Gasteiger partial charge in [-0.3, -0.25) is 0 Å². The van der Waals surface area contributed by atoms with Gasteiger partial charge in [0.05, 0.1) is 11.4 Å². The third kappa shape index (κ3) is 7.63. The number of aromatic nitrogens is 2. The van der Waals surface area contributed by atoms with Crippen LogP contribution in [0, 0.1) is 0 Å². The molecule has 6 rings (SSSR count). The van der Waals surface area contributed by atoms with Crippen LogP contribution in [0.5, 0.6) is 5.75 Å². The summed E-state index contributed by atoms with van der Waals surface area (Å²) in [7, 11) is -5.12. The Labute approximate surface area is 267 Å². The van der Waals surface area contributed by atoms with Gasteiger partial charge in [-0.2, -0.15) is 21.6 Å². The molecular formula is C36H25F5N2O3S. The zero-order valence-electron chi connectivity index (χ0n) is 24.5. The molecule has 238 valence electrons. The third-order valence-electron chi connectivity index (χ3n) is 7.25. The van der Waals surface area contributed by atoms with Crippen molar-refractivity contribution in [2.24, 2.45) is 0 Å². The number of hydrogen-bond donors (Lipinski definition) is 0. The molecule has 0 saturated heterocycles. The van der Waals surface area contributed by atoms with Gasteiger partial charge in [0.15, 0.2) is 11.6 Å². The predicted molar refractivity (Wildman–Crippen MR) is 171 cm³/mol. The van der Waals surface area contributed by atoms with Gasteiger partial charge in [0.2, 0.25) is 0 Å². The van der Waals surface area contributed by atoms with E-state index in [1.807, 2.05) is 84.9 Å². The van der Waals surface area contributed by atoms with Gasteiger partial charge in [-0.1, -0.05) is 103 Å². The lowest BCUT2D eigenvalue weighted by Crippen LogP contribution is -2.35. The molecule has 0 atom stereocenters. The van der Waals surface area contributed by atoms with Crippen LogP contribution in [0.4, 0.5) is 22.0 Å². The number of rotatable bonds is 9. The fourth-order valence-electron chi connectivity index (χ4n) is 5.27. The molecule has 5 nitrogen and oxygen atoms in total. The van der Waals surface area contributed by atoms with E-state index in [0.717, 1.165) is 22.3 Å². The number of hydrogen-bond acceptors (Lipinski definition) is 5. The van der Waals surface area contributed by atoms with Crippen molar-refractivity contribution in [2.75, 3.05) is 5.75 Å². The topological polar surface area (TPSA) is 69.2 Å². The molecule has 6 aromatic rings. The monoisotopic (exact) mass is 660 g/mol. The summed E-state index contributed by atoms with van der Waals surface area (Å²) in [5.74, 6) is -6.58. The molecule has 0 bridgehead atoms. The van der Waals surface area contributed by atoms with Gasteiger partial charge in [0.1, 0.15) is 12.2 Å². The van der Waals surface area contributed by atoms with Crippen LogP contribution in [-0.4, -0.2) is 36.2 Å². The lowest BCUT2D eigenvalue weighted by molar-refractivity contribution is -0.181. The van der Waals surface area contributed by atoms with Gasteiger partial charge in [0, 0.05) is 22.1 Å². The second-order valence-corrected chi connectivity index (χ2v) is 12.4. The highest BCUT2D eigenvalue weighted by Gasteiger charge is 2.47. The Morgan fingerprint density at radius 3 is 1.83 bits per heavy atom. The van der Waals surface area contributed by atoms with E-state index in [0.29, 0.717) is 28.2 Å². The van der Waals surface area contributed by atoms with E-state index in [-0.39, 0.29) is 11.1 Å². The van der Waals surface area contributed by atoms with E-state index >= 15 is 0 Å².